The van der Waals surface area contributed by atoms with Crippen molar-refractivity contribution in [2.45, 2.75) is 70.5 Å². The molecule has 2 aliphatic rings. The SMILES string of the molecule is CCCN(CCC)C(=O)c1ccc(N(c2ccccc2)C2CC3CCC(C2)N3)cc1. The maximum Gasteiger partial charge on any atom is 0.253 e. The number of nitrogens with zero attached hydrogens (tertiary/aromatic N) is 2. The summed E-state index contributed by atoms with van der Waals surface area (Å²) in [6.45, 7) is 5.90. The molecule has 160 valence electrons. The van der Waals surface area contributed by atoms with Crippen LogP contribution in [0, 0.1) is 0 Å². The highest BCUT2D eigenvalue weighted by Gasteiger charge is 2.36. The van der Waals surface area contributed by atoms with E-state index >= 15 is 0 Å². The van der Waals surface area contributed by atoms with Crippen LogP contribution in [0.4, 0.5) is 11.4 Å². The van der Waals surface area contributed by atoms with Crippen LogP contribution in [-0.4, -0.2) is 42.0 Å². The molecule has 0 radical (unpaired) electrons. The zero-order chi connectivity index (χ0) is 20.9. The predicted octanol–water partition coefficient (Wildman–Crippen LogP) is 5.37. The summed E-state index contributed by atoms with van der Waals surface area (Å²) in [6, 6.07) is 20.8. The summed E-state index contributed by atoms with van der Waals surface area (Å²) in [5.41, 5.74) is 3.21. The third kappa shape index (κ3) is 4.54. The molecule has 0 saturated carbocycles. The first-order valence-corrected chi connectivity index (χ1v) is 11.7. The molecule has 2 aromatic rings. The molecule has 0 aliphatic carbocycles. The summed E-state index contributed by atoms with van der Waals surface area (Å²) in [7, 11) is 0. The highest BCUT2D eigenvalue weighted by Crippen LogP contribution is 2.37. The number of fused-ring (bicyclic) bond motifs is 2. The van der Waals surface area contributed by atoms with Crippen molar-refractivity contribution >= 4 is 17.3 Å². The molecule has 0 spiro atoms. The Kier molecular flexibility index (Phi) is 6.73. The number of hydrogen-bond donors (Lipinski definition) is 1. The minimum absolute atomic E-state index is 0.149. The van der Waals surface area contributed by atoms with Gasteiger partial charge in [0.1, 0.15) is 0 Å². The van der Waals surface area contributed by atoms with Crippen molar-refractivity contribution < 1.29 is 4.79 Å². The molecule has 4 rings (SSSR count). The molecule has 30 heavy (non-hydrogen) atoms. The maximum atomic E-state index is 13.0. The predicted molar refractivity (Wildman–Crippen MR) is 124 cm³/mol. The molecule has 2 bridgehead atoms. The van der Waals surface area contributed by atoms with Crippen LogP contribution in [0.1, 0.15) is 62.7 Å². The number of carbonyl (C=O) groups excluding carboxylic acids is 1. The second-order valence-electron chi connectivity index (χ2n) is 8.81. The Morgan fingerprint density at radius 2 is 1.43 bits per heavy atom. The summed E-state index contributed by atoms with van der Waals surface area (Å²) in [6.07, 6.45) is 6.91. The van der Waals surface area contributed by atoms with Gasteiger partial charge in [-0.1, -0.05) is 32.0 Å². The van der Waals surface area contributed by atoms with Crippen LogP contribution in [0.3, 0.4) is 0 Å². The Morgan fingerprint density at radius 1 is 0.867 bits per heavy atom. The lowest BCUT2D eigenvalue weighted by Gasteiger charge is -2.39. The first-order valence-electron chi connectivity index (χ1n) is 11.7. The highest BCUT2D eigenvalue weighted by molar-refractivity contribution is 5.94. The average Bonchev–Trinajstić information content (AvgIpc) is 3.12. The first kappa shape index (κ1) is 20.9. The van der Waals surface area contributed by atoms with Gasteiger partial charge in [-0.25, -0.2) is 0 Å². The van der Waals surface area contributed by atoms with Crippen molar-refractivity contribution in [3.8, 4) is 0 Å². The minimum atomic E-state index is 0.149. The smallest absolute Gasteiger partial charge is 0.253 e. The Hall–Kier alpha value is -2.33. The standard InChI is InChI=1S/C26H35N3O/c1-3-16-28(17-4-2)26(30)20-10-14-24(15-11-20)29(23-8-6-5-7-9-23)25-18-21-12-13-22(19-25)27-21/h5-11,14-15,21-22,25,27H,3-4,12-13,16-19H2,1-2H3. The van der Waals surface area contributed by atoms with Gasteiger partial charge in [0, 0.05) is 48.2 Å². The van der Waals surface area contributed by atoms with Crippen LogP contribution >= 0.6 is 0 Å². The number of piperidine rings is 1. The van der Waals surface area contributed by atoms with E-state index < -0.39 is 0 Å². The molecule has 1 N–H and O–H groups in total. The number of nitrogens with one attached hydrogen (secondary N) is 1. The van der Waals surface area contributed by atoms with E-state index in [-0.39, 0.29) is 5.91 Å². The lowest BCUT2D eigenvalue weighted by molar-refractivity contribution is 0.0755. The molecular weight excluding hydrogens is 370 g/mol. The Morgan fingerprint density at radius 3 is 2.00 bits per heavy atom. The van der Waals surface area contributed by atoms with E-state index in [1.807, 2.05) is 17.0 Å². The lowest BCUT2D eigenvalue weighted by Crippen LogP contribution is -2.46. The third-order valence-corrected chi connectivity index (χ3v) is 6.51. The van der Waals surface area contributed by atoms with E-state index in [0.717, 1.165) is 31.5 Å². The molecule has 2 saturated heterocycles. The minimum Gasteiger partial charge on any atom is -0.339 e. The third-order valence-electron chi connectivity index (χ3n) is 6.51. The quantitative estimate of drug-likeness (QED) is 0.641. The second kappa shape index (κ2) is 9.65. The second-order valence-corrected chi connectivity index (χ2v) is 8.81. The van der Waals surface area contributed by atoms with Gasteiger partial charge >= 0.3 is 0 Å². The van der Waals surface area contributed by atoms with Gasteiger partial charge in [0.2, 0.25) is 0 Å². The average molecular weight is 406 g/mol. The number of carbonyl (C=O) groups is 1. The molecule has 4 nitrogen and oxygen atoms in total. The van der Waals surface area contributed by atoms with Gasteiger partial charge in [-0.15, -0.1) is 0 Å². The van der Waals surface area contributed by atoms with E-state index in [9.17, 15) is 4.79 Å². The number of amides is 1. The number of hydrogen-bond acceptors (Lipinski definition) is 3. The van der Waals surface area contributed by atoms with E-state index in [1.54, 1.807) is 0 Å². The highest BCUT2D eigenvalue weighted by atomic mass is 16.2. The van der Waals surface area contributed by atoms with Crippen molar-refractivity contribution in [2.75, 3.05) is 18.0 Å². The van der Waals surface area contributed by atoms with Crippen LogP contribution in [0.15, 0.2) is 54.6 Å². The van der Waals surface area contributed by atoms with Gasteiger partial charge in [-0.05, 0) is 74.9 Å². The Labute approximate surface area is 181 Å². The van der Waals surface area contributed by atoms with Crippen LogP contribution in [0.25, 0.3) is 0 Å². The summed E-state index contributed by atoms with van der Waals surface area (Å²) in [5, 5.41) is 3.76. The molecule has 1 amide bonds. The van der Waals surface area contributed by atoms with Gasteiger partial charge in [0.15, 0.2) is 0 Å². The van der Waals surface area contributed by atoms with E-state index in [0.29, 0.717) is 18.1 Å². The number of anilines is 2. The molecule has 2 aliphatic heterocycles. The zero-order valence-electron chi connectivity index (χ0n) is 18.4. The summed E-state index contributed by atoms with van der Waals surface area (Å²) in [4.78, 5) is 17.5. The topological polar surface area (TPSA) is 35.6 Å². The number of rotatable bonds is 8. The largest absolute Gasteiger partial charge is 0.339 e. The first-order chi connectivity index (χ1) is 14.7. The van der Waals surface area contributed by atoms with Crippen LogP contribution in [-0.2, 0) is 0 Å². The normalized spacial score (nSPS) is 22.7. The fourth-order valence-electron chi connectivity index (χ4n) is 5.20. The summed E-state index contributed by atoms with van der Waals surface area (Å²) < 4.78 is 0. The van der Waals surface area contributed by atoms with Crippen LogP contribution in [0.2, 0.25) is 0 Å². The molecule has 0 aromatic heterocycles. The van der Waals surface area contributed by atoms with Gasteiger partial charge in [0.25, 0.3) is 5.91 Å². The Balaban J connectivity index is 1.59. The van der Waals surface area contributed by atoms with Gasteiger partial charge in [-0.2, -0.15) is 0 Å². The summed E-state index contributed by atoms with van der Waals surface area (Å²) in [5.74, 6) is 0.149. The van der Waals surface area contributed by atoms with Gasteiger partial charge < -0.3 is 15.1 Å². The zero-order valence-corrected chi connectivity index (χ0v) is 18.4. The van der Waals surface area contributed by atoms with Crippen molar-refractivity contribution in [1.82, 2.24) is 10.2 Å². The maximum absolute atomic E-state index is 13.0. The number of para-hydroxylation sites is 1. The van der Waals surface area contributed by atoms with Crippen molar-refractivity contribution in [3.05, 3.63) is 60.2 Å². The molecule has 2 atom stereocenters. The van der Waals surface area contributed by atoms with E-state index in [4.69, 9.17) is 0 Å². The molecule has 2 unspecified atom stereocenters. The van der Waals surface area contributed by atoms with Crippen molar-refractivity contribution in [1.29, 1.82) is 0 Å². The molecule has 2 aromatic carbocycles. The van der Waals surface area contributed by atoms with Gasteiger partial charge in [-0.3, -0.25) is 4.79 Å². The number of benzene rings is 2. The van der Waals surface area contributed by atoms with Gasteiger partial charge in [0.05, 0.1) is 0 Å². The van der Waals surface area contributed by atoms with Crippen LogP contribution in [0.5, 0.6) is 0 Å². The van der Waals surface area contributed by atoms with Crippen LogP contribution < -0.4 is 10.2 Å². The van der Waals surface area contributed by atoms with Crippen molar-refractivity contribution in [2.24, 2.45) is 0 Å². The lowest BCUT2D eigenvalue weighted by atomic mass is 9.96. The molecule has 2 heterocycles. The molecule has 2 fully saturated rings. The van der Waals surface area contributed by atoms with E-state index in [2.05, 4.69) is 66.5 Å². The molecule has 4 heteroatoms. The van der Waals surface area contributed by atoms with Crippen molar-refractivity contribution in [3.63, 3.8) is 0 Å². The van der Waals surface area contributed by atoms with E-state index in [1.165, 1.54) is 37.1 Å². The fourth-order valence-corrected chi connectivity index (χ4v) is 5.20. The summed E-state index contributed by atoms with van der Waals surface area (Å²) >= 11 is 0. The molecular formula is C26H35N3O. The fraction of sp³-hybridized carbons (Fsp3) is 0.500. The monoisotopic (exact) mass is 405 g/mol. The Bertz CT molecular complexity index is 802.